The summed E-state index contributed by atoms with van der Waals surface area (Å²) in [5, 5.41) is 1.79. The minimum atomic E-state index is -0.394. The predicted molar refractivity (Wildman–Crippen MR) is 54.7 cm³/mol. The SMILES string of the molecule is C=C(C)C(=O)NNC(=O)c1cccs1. The minimum Gasteiger partial charge on any atom is -0.268 e. The molecule has 0 saturated carbocycles. The van der Waals surface area contributed by atoms with Crippen LogP contribution in [-0.4, -0.2) is 11.8 Å². The van der Waals surface area contributed by atoms with Crippen LogP contribution in [0.2, 0.25) is 0 Å². The van der Waals surface area contributed by atoms with Gasteiger partial charge in [0.1, 0.15) is 0 Å². The Morgan fingerprint density at radius 1 is 1.43 bits per heavy atom. The summed E-state index contributed by atoms with van der Waals surface area (Å²) in [6.45, 7) is 5.00. The molecule has 0 atom stereocenters. The van der Waals surface area contributed by atoms with E-state index in [0.717, 1.165) is 0 Å². The molecule has 0 spiro atoms. The van der Waals surface area contributed by atoms with Crippen LogP contribution in [0.5, 0.6) is 0 Å². The Morgan fingerprint density at radius 3 is 2.64 bits per heavy atom. The van der Waals surface area contributed by atoms with Gasteiger partial charge in [0.15, 0.2) is 0 Å². The summed E-state index contributed by atoms with van der Waals surface area (Å²) in [6.07, 6.45) is 0. The van der Waals surface area contributed by atoms with Crippen molar-refractivity contribution in [3.05, 3.63) is 34.5 Å². The van der Waals surface area contributed by atoms with Gasteiger partial charge in [0, 0.05) is 5.57 Å². The summed E-state index contributed by atoms with van der Waals surface area (Å²) in [5.41, 5.74) is 4.86. The van der Waals surface area contributed by atoms with Gasteiger partial charge in [-0.15, -0.1) is 11.3 Å². The lowest BCUT2D eigenvalue weighted by atomic mass is 10.3. The van der Waals surface area contributed by atoms with Crippen molar-refractivity contribution in [3.8, 4) is 0 Å². The van der Waals surface area contributed by atoms with Gasteiger partial charge in [-0.25, -0.2) is 0 Å². The lowest BCUT2D eigenvalue weighted by Crippen LogP contribution is -2.41. The standard InChI is InChI=1S/C9H10N2O2S/c1-6(2)8(12)10-11-9(13)7-4-3-5-14-7/h3-5H,1H2,2H3,(H,10,12)(H,11,13). The highest BCUT2D eigenvalue weighted by Gasteiger charge is 2.07. The normalized spacial score (nSPS) is 9.21. The van der Waals surface area contributed by atoms with Gasteiger partial charge in [0.25, 0.3) is 11.8 Å². The number of hydrazine groups is 1. The van der Waals surface area contributed by atoms with Gasteiger partial charge in [0.05, 0.1) is 4.88 Å². The fourth-order valence-corrected chi connectivity index (χ4v) is 1.31. The number of hydrogen-bond donors (Lipinski definition) is 2. The molecule has 5 heteroatoms. The van der Waals surface area contributed by atoms with Gasteiger partial charge in [-0.05, 0) is 18.4 Å². The molecule has 1 heterocycles. The molecule has 0 aliphatic heterocycles. The Bertz CT molecular complexity index is 357. The predicted octanol–water partition coefficient (Wildman–Crippen LogP) is 1.09. The van der Waals surface area contributed by atoms with Crippen molar-refractivity contribution in [1.29, 1.82) is 0 Å². The Labute approximate surface area is 85.6 Å². The zero-order valence-electron chi connectivity index (χ0n) is 7.66. The summed E-state index contributed by atoms with van der Waals surface area (Å²) >= 11 is 1.31. The monoisotopic (exact) mass is 210 g/mol. The molecule has 1 aromatic heterocycles. The van der Waals surface area contributed by atoms with E-state index in [4.69, 9.17) is 0 Å². The molecule has 2 amide bonds. The van der Waals surface area contributed by atoms with Gasteiger partial charge in [-0.3, -0.25) is 20.4 Å². The van der Waals surface area contributed by atoms with Crippen LogP contribution in [0, 0.1) is 0 Å². The largest absolute Gasteiger partial charge is 0.279 e. The first-order chi connectivity index (χ1) is 6.61. The molecule has 0 aliphatic carbocycles. The fourth-order valence-electron chi connectivity index (χ4n) is 0.690. The van der Waals surface area contributed by atoms with Crippen LogP contribution >= 0.6 is 11.3 Å². The molecular weight excluding hydrogens is 200 g/mol. The maximum Gasteiger partial charge on any atom is 0.279 e. The topological polar surface area (TPSA) is 58.2 Å². The Kier molecular flexibility index (Phi) is 3.41. The van der Waals surface area contributed by atoms with Gasteiger partial charge in [-0.1, -0.05) is 12.6 Å². The second kappa shape index (κ2) is 4.57. The van der Waals surface area contributed by atoms with Crippen LogP contribution in [0.1, 0.15) is 16.6 Å². The summed E-state index contributed by atoms with van der Waals surface area (Å²) in [7, 11) is 0. The first kappa shape index (κ1) is 10.5. The van der Waals surface area contributed by atoms with E-state index < -0.39 is 5.91 Å². The van der Waals surface area contributed by atoms with Crippen molar-refractivity contribution in [2.45, 2.75) is 6.92 Å². The van der Waals surface area contributed by atoms with Gasteiger partial charge in [0.2, 0.25) is 0 Å². The fraction of sp³-hybridized carbons (Fsp3) is 0.111. The van der Waals surface area contributed by atoms with E-state index in [0.29, 0.717) is 10.5 Å². The molecule has 0 unspecified atom stereocenters. The van der Waals surface area contributed by atoms with Crippen molar-refractivity contribution < 1.29 is 9.59 Å². The van der Waals surface area contributed by atoms with E-state index in [9.17, 15) is 9.59 Å². The molecular formula is C9H10N2O2S. The first-order valence-electron chi connectivity index (χ1n) is 3.91. The summed E-state index contributed by atoms with van der Waals surface area (Å²) in [5.74, 6) is -0.718. The molecule has 0 fully saturated rings. The van der Waals surface area contributed by atoms with Crippen molar-refractivity contribution in [3.63, 3.8) is 0 Å². The quantitative estimate of drug-likeness (QED) is 0.567. The van der Waals surface area contributed by atoms with Crippen LogP contribution in [0.4, 0.5) is 0 Å². The third-order valence-electron chi connectivity index (χ3n) is 1.42. The molecule has 1 aromatic rings. The molecule has 0 aromatic carbocycles. The molecule has 1 rings (SSSR count). The molecule has 0 aliphatic rings. The maximum atomic E-state index is 11.3. The number of thiophene rings is 1. The van der Waals surface area contributed by atoms with E-state index in [1.54, 1.807) is 24.4 Å². The second-order valence-corrected chi connectivity index (χ2v) is 3.61. The van der Waals surface area contributed by atoms with Crippen molar-refractivity contribution in [2.24, 2.45) is 0 Å². The van der Waals surface area contributed by atoms with E-state index in [1.165, 1.54) is 11.3 Å². The summed E-state index contributed by atoms with van der Waals surface area (Å²) < 4.78 is 0. The van der Waals surface area contributed by atoms with Crippen LogP contribution in [-0.2, 0) is 4.79 Å². The zero-order chi connectivity index (χ0) is 10.6. The van der Waals surface area contributed by atoms with Gasteiger partial charge < -0.3 is 0 Å². The average molecular weight is 210 g/mol. The molecule has 74 valence electrons. The second-order valence-electron chi connectivity index (χ2n) is 2.67. The third kappa shape index (κ3) is 2.70. The highest BCUT2D eigenvalue weighted by molar-refractivity contribution is 7.12. The maximum absolute atomic E-state index is 11.3. The lowest BCUT2D eigenvalue weighted by Gasteiger charge is -2.04. The van der Waals surface area contributed by atoms with Crippen molar-refractivity contribution in [2.75, 3.05) is 0 Å². The zero-order valence-corrected chi connectivity index (χ0v) is 8.48. The minimum absolute atomic E-state index is 0.324. The van der Waals surface area contributed by atoms with Crippen LogP contribution < -0.4 is 10.9 Å². The number of amides is 2. The number of nitrogens with one attached hydrogen (secondary N) is 2. The summed E-state index contributed by atoms with van der Waals surface area (Å²) in [6, 6.07) is 3.44. The Hall–Kier alpha value is -1.62. The average Bonchev–Trinajstić information content (AvgIpc) is 2.66. The molecule has 2 N–H and O–H groups in total. The van der Waals surface area contributed by atoms with Crippen molar-refractivity contribution >= 4 is 23.2 Å². The summed E-state index contributed by atoms with van der Waals surface area (Å²) in [4.78, 5) is 22.8. The van der Waals surface area contributed by atoms with E-state index in [1.807, 2.05) is 0 Å². The Balaban J connectivity index is 2.44. The number of hydrogen-bond acceptors (Lipinski definition) is 3. The number of carbonyl (C=O) groups is 2. The molecule has 4 nitrogen and oxygen atoms in total. The molecule has 0 saturated heterocycles. The highest BCUT2D eigenvalue weighted by atomic mass is 32.1. The van der Waals surface area contributed by atoms with E-state index in [-0.39, 0.29) is 5.91 Å². The van der Waals surface area contributed by atoms with Crippen LogP contribution in [0.15, 0.2) is 29.7 Å². The highest BCUT2D eigenvalue weighted by Crippen LogP contribution is 2.06. The molecule has 0 radical (unpaired) electrons. The lowest BCUT2D eigenvalue weighted by molar-refractivity contribution is -0.118. The van der Waals surface area contributed by atoms with Crippen LogP contribution in [0.3, 0.4) is 0 Å². The third-order valence-corrected chi connectivity index (χ3v) is 2.29. The first-order valence-corrected chi connectivity index (χ1v) is 4.79. The number of carbonyl (C=O) groups excluding carboxylic acids is 2. The number of rotatable bonds is 2. The van der Waals surface area contributed by atoms with Gasteiger partial charge >= 0.3 is 0 Å². The smallest absolute Gasteiger partial charge is 0.268 e. The molecule has 0 bridgehead atoms. The van der Waals surface area contributed by atoms with E-state index in [2.05, 4.69) is 17.4 Å². The molecule has 14 heavy (non-hydrogen) atoms. The van der Waals surface area contributed by atoms with Crippen molar-refractivity contribution in [1.82, 2.24) is 10.9 Å². The van der Waals surface area contributed by atoms with Crippen LogP contribution in [0.25, 0.3) is 0 Å². The van der Waals surface area contributed by atoms with Gasteiger partial charge in [-0.2, -0.15) is 0 Å². The van der Waals surface area contributed by atoms with E-state index >= 15 is 0 Å². The Morgan fingerprint density at radius 2 is 2.14 bits per heavy atom.